The van der Waals surface area contributed by atoms with Crippen molar-refractivity contribution in [3.05, 3.63) is 75.6 Å². The van der Waals surface area contributed by atoms with Crippen LogP contribution >= 0.6 is 0 Å². The van der Waals surface area contributed by atoms with E-state index in [0.29, 0.717) is 22.3 Å². The van der Waals surface area contributed by atoms with Gasteiger partial charge in [-0.2, -0.15) is 0 Å². The van der Waals surface area contributed by atoms with E-state index in [2.05, 4.69) is 5.32 Å². The highest BCUT2D eigenvalue weighted by molar-refractivity contribution is 5.96. The lowest BCUT2D eigenvalue weighted by atomic mass is 10.1. The Morgan fingerprint density at radius 2 is 1.97 bits per heavy atom. The van der Waals surface area contributed by atoms with E-state index in [-0.39, 0.29) is 23.8 Å². The summed E-state index contributed by atoms with van der Waals surface area (Å²) in [6.45, 7) is 3.95. The van der Waals surface area contributed by atoms with Crippen molar-refractivity contribution in [1.82, 2.24) is 5.32 Å². The van der Waals surface area contributed by atoms with Gasteiger partial charge in [0.2, 0.25) is 0 Å². The Balaban J connectivity index is 1.79. The third kappa shape index (κ3) is 4.82. The number of amides is 1. The molecular weight excluding hydrogens is 374 g/mol. The summed E-state index contributed by atoms with van der Waals surface area (Å²) < 4.78 is 11.0. The minimum Gasteiger partial charge on any atom is -0.489 e. The summed E-state index contributed by atoms with van der Waals surface area (Å²) in [4.78, 5) is 35.5. The molecule has 7 nitrogen and oxygen atoms in total. The van der Waals surface area contributed by atoms with E-state index >= 15 is 0 Å². The highest BCUT2D eigenvalue weighted by atomic mass is 16.5. The lowest BCUT2D eigenvalue weighted by Crippen LogP contribution is -2.34. The van der Waals surface area contributed by atoms with Crippen LogP contribution in [0, 0.1) is 0 Å². The third-order valence-corrected chi connectivity index (χ3v) is 4.52. The summed E-state index contributed by atoms with van der Waals surface area (Å²) in [5.74, 6) is -1.01. The van der Waals surface area contributed by atoms with Gasteiger partial charge in [0.25, 0.3) is 5.91 Å². The Morgan fingerprint density at radius 1 is 1.17 bits per heavy atom. The van der Waals surface area contributed by atoms with Crippen molar-refractivity contribution in [2.45, 2.75) is 32.9 Å². The SMILES string of the molecule is CCC(C)NC(=O)c1cc2ccc(OCc3cccc(C(=O)O)c3)cc2oc1=O. The monoisotopic (exact) mass is 395 g/mol. The van der Waals surface area contributed by atoms with Crippen LogP contribution in [0.5, 0.6) is 5.75 Å². The van der Waals surface area contributed by atoms with Gasteiger partial charge in [0.15, 0.2) is 0 Å². The summed E-state index contributed by atoms with van der Waals surface area (Å²) in [5, 5.41) is 12.4. The Hall–Kier alpha value is -3.61. The molecule has 1 atom stereocenters. The molecule has 0 spiro atoms. The first-order valence-corrected chi connectivity index (χ1v) is 9.21. The lowest BCUT2D eigenvalue weighted by molar-refractivity contribution is 0.0696. The molecule has 3 aromatic rings. The molecule has 0 aliphatic carbocycles. The maximum Gasteiger partial charge on any atom is 0.349 e. The molecule has 0 saturated carbocycles. The maximum absolute atomic E-state index is 12.2. The van der Waals surface area contributed by atoms with Crippen LogP contribution < -0.4 is 15.7 Å². The lowest BCUT2D eigenvalue weighted by Gasteiger charge is -2.11. The molecule has 1 amide bonds. The second-order valence-corrected chi connectivity index (χ2v) is 6.72. The first-order chi connectivity index (χ1) is 13.9. The van der Waals surface area contributed by atoms with Crippen molar-refractivity contribution >= 4 is 22.8 Å². The second kappa shape index (κ2) is 8.60. The van der Waals surface area contributed by atoms with Crippen LogP contribution in [0.4, 0.5) is 0 Å². The van der Waals surface area contributed by atoms with Gasteiger partial charge in [0, 0.05) is 17.5 Å². The predicted molar refractivity (Wildman–Crippen MR) is 107 cm³/mol. The smallest absolute Gasteiger partial charge is 0.349 e. The molecule has 2 aromatic carbocycles. The van der Waals surface area contributed by atoms with Gasteiger partial charge in [-0.15, -0.1) is 0 Å². The zero-order chi connectivity index (χ0) is 21.0. The molecule has 0 radical (unpaired) electrons. The molecule has 29 heavy (non-hydrogen) atoms. The van der Waals surface area contributed by atoms with Gasteiger partial charge >= 0.3 is 11.6 Å². The van der Waals surface area contributed by atoms with Crippen LogP contribution in [0.1, 0.15) is 46.5 Å². The number of hydrogen-bond donors (Lipinski definition) is 2. The van der Waals surface area contributed by atoms with Gasteiger partial charge in [-0.1, -0.05) is 19.1 Å². The average molecular weight is 395 g/mol. The number of rotatable bonds is 7. The molecule has 1 heterocycles. The summed E-state index contributed by atoms with van der Waals surface area (Å²) >= 11 is 0. The van der Waals surface area contributed by atoms with Crippen LogP contribution in [0.2, 0.25) is 0 Å². The molecule has 1 unspecified atom stereocenters. The van der Waals surface area contributed by atoms with Crippen molar-refractivity contribution < 1.29 is 23.8 Å². The fraction of sp³-hybridized carbons (Fsp3) is 0.227. The van der Waals surface area contributed by atoms with Crippen molar-refractivity contribution in [2.24, 2.45) is 0 Å². The fourth-order valence-electron chi connectivity index (χ4n) is 2.70. The largest absolute Gasteiger partial charge is 0.489 e. The highest BCUT2D eigenvalue weighted by Crippen LogP contribution is 2.22. The van der Waals surface area contributed by atoms with Gasteiger partial charge < -0.3 is 19.6 Å². The number of carboxylic acid groups (broad SMARTS) is 1. The van der Waals surface area contributed by atoms with E-state index in [0.717, 1.165) is 6.42 Å². The van der Waals surface area contributed by atoms with Crippen molar-refractivity contribution in [2.75, 3.05) is 0 Å². The zero-order valence-electron chi connectivity index (χ0n) is 16.1. The molecule has 3 rings (SSSR count). The number of carbonyl (C=O) groups excluding carboxylic acids is 1. The quantitative estimate of drug-likeness (QED) is 0.592. The van der Waals surface area contributed by atoms with Gasteiger partial charge in [0.05, 0.1) is 5.56 Å². The summed E-state index contributed by atoms with van der Waals surface area (Å²) in [6, 6.07) is 12.8. The Kier molecular flexibility index (Phi) is 5.97. The van der Waals surface area contributed by atoms with E-state index in [4.69, 9.17) is 14.3 Å². The Labute approximate surface area is 166 Å². The first-order valence-electron chi connectivity index (χ1n) is 9.21. The number of nitrogens with one attached hydrogen (secondary N) is 1. The van der Waals surface area contributed by atoms with Crippen LogP contribution in [0.3, 0.4) is 0 Å². The molecule has 7 heteroatoms. The summed E-state index contributed by atoms with van der Waals surface area (Å²) in [7, 11) is 0. The minimum atomic E-state index is -1.01. The topological polar surface area (TPSA) is 106 Å². The molecule has 0 aliphatic heterocycles. The Bertz CT molecular complexity index is 1120. The second-order valence-electron chi connectivity index (χ2n) is 6.72. The number of hydrogen-bond acceptors (Lipinski definition) is 5. The predicted octanol–water partition coefficient (Wildman–Crippen LogP) is 3.60. The molecular formula is C22H21NO6. The number of fused-ring (bicyclic) bond motifs is 1. The normalized spacial score (nSPS) is 11.8. The van der Waals surface area contributed by atoms with Crippen molar-refractivity contribution in [3.8, 4) is 5.75 Å². The van der Waals surface area contributed by atoms with Crippen LogP contribution in [0.25, 0.3) is 11.0 Å². The summed E-state index contributed by atoms with van der Waals surface area (Å²) in [6.07, 6.45) is 0.751. The van der Waals surface area contributed by atoms with Crippen LogP contribution in [0.15, 0.2) is 57.7 Å². The molecule has 0 saturated heterocycles. The fourth-order valence-corrected chi connectivity index (χ4v) is 2.70. The van der Waals surface area contributed by atoms with Gasteiger partial charge in [-0.05, 0) is 49.2 Å². The number of ether oxygens (including phenoxy) is 1. The Morgan fingerprint density at radius 3 is 2.69 bits per heavy atom. The van der Waals surface area contributed by atoms with Crippen molar-refractivity contribution in [1.29, 1.82) is 0 Å². The molecule has 2 N–H and O–H groups in total. The maximum atomic E-state index is 12.2. The van der Waals surface area contributed by atoms with E-state index in [1.807, 2.05) is 13.8 Å². The molecule has 150 valence electrons. The first kappa shape index (κ1) is 20.1. The van der Waals surface area contributed by atoms with Crippen LogP contribution in [-0.2, 0) is 6.61 Å². The summed E-state index contributed by atoms with van der Waals surface area (Å²) in [5.41, 5.74) is 0.413. The van der Waals surface area contributed by atoms with Crippen molar-refractivity contribution in [3.63, 3.8) is 0 Å². The van der Waals surface area contributed by atoms with Gasteiger partial charge in [-0.25, -0.2) is 9.59 Å². The number of carbonyl (C=O) groups is 2. The molecule has 0 aliphatic rings. The standard InChI is InChI=1S/C22H21NO6/c1-3-13(2)23-20(24)18-10-15-7-8-17(11-19(15)29-22(18)27)28-12-14-5-4-6-16(9-14)21(25)26/h4-11,13H,3,12H2,1-2H3,(H,23,24)(H,25,26). The highest BCUT2D eigenvalue weighted by Gasteiger charge is 2.15. The zero-order valence-corrected chi connectivity index (χ0v) is 16.1. The number of carboxylic acids is 1. The van der Waals surface area contributed by atoms with Gasteiger partial charge in [-0.3, -0.25) is 4.79 Å². The number of benzene rings is 2. The third-order valence-electron chi connectivity index (χ3n) is 4.52. The van der Waals surface area contributed by atoms with E-state index in [1.54, 1.807) is 30.3 Å². The van der Waals surface area contributed by atoms with E-state index in [9.17, 15) is 14.4 Å². The molecule has 1 aromatic heterocycles. The number of aromatic carboxylic acids is 1. The van der Waals surface area contributed by atoms with E-state index in [1.165, 1.54) is 18.2 Å². The molecule has 0 fully saturated rings. The molecule has 0 bridgehead atoms. The average Bonchev–Trinajstić information content (AvgIpc) is 2.71. The minimum absolute atomic E-state index is 0.0445. The van der Waals surface area contributed by atoms with Crippen LogP contribution in [-0.4, -0.2) is 23.0 Å². The van der Waals surface area contributed by atoms with E-state index < -0.39 is 17.5 Å². The van der Waals surface area contributed by atoms with Gasteiger partial charge in [0.1, 0.15) is 23.5 Å².